The highest BCUT2D eigenvalue weighted by molar-refractivity contribution is 8.00. The molecule has 12 N–H and O–H groups in total. The van der Waals surface area contributed by atoms with E-state index in [9.17, 15) is 73.5 Å². The summed E-state index contributed by atoms with van der Waals surface area (Å²) in [5.74, 6) is -6.17. The highest BCUT2D eigenvalue weighted by Crippen LogP contribution is 2.53. The summed E-state index contributed by atoms with van der Waals surface area (Å²) in [7, 11) is 1.30. The molecule has 7 heterocycles. The number of hydrogen-bond donors (Lipinski definition) is 11. The number of aromatic nitrogens is 4. The number of amides is 8. The smallest absolute Gasteiger partial charge is 0.320 e. The minimum atomic E-state index is -2.27. The van der Waals surface area contributed by atoms with Gasteiger partial charge in [-0.1, -0.05) is 29.5 Å². The summed E-state index contributed by atoms with van der Waals surface area (Å²) < 4.78 is 81.1. The number of H-pyrrole nitrogens is 1. The predicted octanol–water partition coefficient (Wildman–Crippen LogP) is 2.09. The van der Waals surface area contributed by atoms with Crippen molar-refractivity contribution in [3.8, 4) is 28.6 Å². The number of aromatic amines is 1. The lowest BCUT2D eigenvalue weighted by molar-refractivity contribution is -0.245. The maximum Gasteiger partial charge on any atom is 0.320 e. The zero-order valence-electron chi connectivity index (χ0n) is 75.9. The molecule has 0 bridgehead atoms. The van der Waals surface area contributed by atoms with E-state index in [2.05, 4.69) is 36.5 Å². The van der Waals surface area contributed by atoms with Crippen LogP contribution in [0.15, 0.2) is 70.3 Å². The van der Waals surface area contributed by atoms with E-state index in [0.717, 1.165) is 49.6 Å². The Bertz CT molecular complexity index is 5020. The molecule has 6 aliphatic rings. The van der Waals surface area contributed by atoms with E-state index >= 15 is 0 Å². The maximum absolute atomic E-state index is 14.2. The number of rotatable bonds is 53. The van der Waals surface area contributed by atoms with Crippen molar-refractivity contribution in [2.24, 2.45) is 10.8 Å². The highest BCUT2D eigenvalue weighted by Gasteiger charge is 2.50. The quantitative estimate of drug-likeness (QED) is 0.00494. The van der Waals surface area contributed by atoms with Gasteiger partial charge in [-0.15, -0.1) is 16.9 Å². The topological polar surface area (TPSA) is 576 Å². The van der Waals surface area contributed by atoms with Gasteiger partial charge in [0.1, 0.15) is 46.7 Å². The second kappa shape index (κ2) is 53.0. The van der Waals surface area contributed by atoms with Gasteiger partial charge in [-0.05, 0) is 62.9 Å². The number of aliphatic hydroxyl groups is 3. The zero-order valence-corrected chi connectivity index (χ0v) is 76.7. The van der Waals surface area contributed by atoms with Gasteiger partial charge in [-0.3, -0.25) is 52.8 Å². The number of ether oxygens (including phenoxy) is 13. The fourth-order valence-electron chi connectivity index (χ4n) is 15.9. The number of para-hydroxylation sites is 1. The number of carboxylic acid groups (broad SMARTS) is 1. The van der Waals surface area contributed by atoms with Crippen LogP contribution in [0, 0.1) is 0 Å². The van der Waals surface area contributed by atoms with Crippen LogP contribution in [0.3, 0.4) is 0 Å². The van der Waals surface area contributed by atoms with Crippen LogP contribution in [0.25, 0.3) is 22.2 Å². The molecule has 3 aromatic heterocycles. The van der Waals surface area contributed by atoms with E-state index in [1.165, 1.54) is 42.0 Å². The van der Waals surface area contributed by atoms with Gasteiger partial charge in [0.25, 0.3) is 17.7 Å². The third kappa shape index (κ3) is 29.8. The van der Waals surface area contributed by atoms with Gasteiger partial charge < -0.3 is 133 Å². The van der Waals surface area contributed by atoms with Gasteiger partial charge >= 0.3 is 6.03 Å². The predicted molar refractivity (Wildman–Crippen MR) is 478 cm³/mol. The molecule has 0 radical (unpaired) electrons. The van der Waals surface area contributed by atoms with Gasteiger partial charge in [-0.2, -0.15) is 5.10 Å². The van der Waals surface area contributed by atoms with E-state index in [-0.39, 0.29) is 162 Å². The molecular weight excluding hydrogens is 1790 g/mol. The number of hydrogen-bond acceptors (Lipinski definition) is 35. The summed E-state index contributed by atoms with van der Waals surface area (Å²) in [6.45, 7) is 11.5. The number of thioether (sulfide) groups is 1. The Morgan fingerprint density at radius 3 is 1.95 bits per heavy atom. The number of carbonyl (C=O) groups is 11. The number of phenols is 2. The largest absolute Gasteiger partial charge is 0.507 e. The molecule has 0 spiro atoms. The number of nitrogens with zero attached hydrogens (tertiary/aromatic N) is 8. The first-order chi connectivity index (χ1) is 65.2. The number of furan rings is 1. The van der Waals surface area contributed by atoms with Crippen LogP contribution in [-0.2, 0) is 117 Å². The van der Waals surface area contributed by atoms with Gasteiger partial charge in [-0.25, -0.2) is 14.9 Å². The normalized spacial score (nSPS) is 19.5. The van der Waals surface area contributed by atoms with Crippen LogP contribution < -0.4 is 26.5 Å². The number of urea groups is 1. The number of methoxy groups -OCH3 is 1. The first-order valence-electron chi connectivity index (χ1n) is 45.0. The van der Waals surface area contributed by atoms with E-state index in [4.69, 9.17) is 81.6 Å². The first kappa shape index (κ1) is 105. The molecule has 3 aromatic carbocycles. The van der Waals surface area contributed by atoms with Crippen LogP contribution in [0.4, 0.5) is 4.79 Å². The second-order valence-electron chi connectivity index (χ2n) is 32.4. The monoisotopic (exact) mass is 1910 g/mol. The number of fused-ring (bicyclic) bond motifs is 4. The lowest BCUT2D eigenvalue weighted by atomic mass is 9.71. The van der Waals surface area contributed by atoms with E-state index in [0.29, 0.717) is 140 Å². The van der Waals surface area contributed by atoms with Crippen molar-refractivity contribution in [1.29, 1.82) is 0 Å². The van der Waals surface area contributed by atoms with Crippen LogP contribution >= 0.6 is 11.8 Å². The molecule has 738 valence electrons. The maximum atomic E-state index is 14.2. The zero-order chi connectivity index (χ0) is 96.3. The van der Waals surface area contributed by atoms with Crippen molar-refractivity contribution in [2.45, 2.75) is 139 Å². The molecule has 2 aliphatic carbocycles. The number of hydrazone groups is 1. The van der Waals surface area contributed by atoms with Crippen LogP contribution in [0.1, 0.15) is 143 Å². The van der Waals surface area contributed by atoms with Crippen molar-refractivity contribution in [3.05, 3.63) is 111 Å². The Labute approximate surface area is 782 Å². The Morgan fingerprint density at radius 1 is 0.689 bits per heavy atom. The number of ketones is 3. The summed E-state index contributed by atoms with van der Waals surface area (Å²) in [5.41, 5.74) is 6.19. The molecule has 4 fully saturated rings. The van der Waals surface area contributed by atoms with Crippen molar-refractivity contribution in [1.82, 2.24) is 55.6 Å². The van der Waals surface area contributed by atoms with Crippen molar-refractivity contribution in [3.63, 3.8) is 0 Å². The molecule has 8 amide bonds. The number of aliphatic carboxylic acids is 1. The van der Waals surface area contributed by atoms with Gasteiger partial charge in [0, 0.05) is 137 Å². The molecule has 7 atom stereocenters. The minimum absolute atomic E-state index is 0.00498. The van der Waals surface area contributed by atoms with E-state index in [1.54, 1.807) is 40.9 Å². The number of carboxylic acids is 1. The molecule has 6 aromatic rings. The second-order valence-corrected chi connectivity index (χ2v) is 33.7. The van der Waals surface area contributed by atoms with Crippen molar-refractivity contribution in [2.75, 3.05) is 197 Å². The van der Waals surface area contributed by atoms with Crippen LogP contribution in [0.5, 0.6) is 17.2 Å². The molecule has 45 heteroatoms. The number of benzene rings is 3. The number of imide groups is 1. The molecular formula is C90H121N13O31S. The Hall–Kier alpha value is -10.8. The van der Waals surface area contributed by atoms with Crippen LogP contribution in [-0.4, -0.2) is 373 Å². The SMILES string of the molecule is CC(=O)O.COc1cccc2c1C(=O)c1c(O)c3c(c(O)c1C2=O)C[C@@](O)(/C(CO)=N/NC(=O)CCCN1C(=O)CC(SCCC(=O)NCCOCCOCCOCCOCc2cn(CCOCCOCCOCCOCCOCCOCC(=O)NCc4ccc(-c5cccc6cc(C(=O)C(=O)N7CCN(C(=O)N8CCCCC8)CC7)[nH]c56)o4)nn2)C1=O)C[C@@H]3O[C@H]1C[C@H](N)[C@H](O)[C@H](C)O1. The number of carbonyl (C=O) groups excluding carboxylic acids is 10. The molecule has 4 saturated heterocycles. The number of nitrogens with two attached hydrogens (primary N) is 1. The molecule has 12 rings (SSSR count). The number of nitrogens with one attached hydrogen (secondary N) is 4. The summed E-state index contributed by atoms with van der Waals surface area (Å²) in [6.07, 6.45) is -1.10. The number of aliphatic hydroxyl groups excluding tert-OH is 2. The number of aromatic hydroxyl groups is 2. The number of likely N-dealkylation sites (tertiary alicyclic amines) is 2. The molecule has 0 saturated carbocycles. The van der Waals surface area contributed by atoms with Crippen LogP contribution in [0.2, 0.25) is 0 Å². The summed E-state index contributed by atoms with van der Waals surface area (Å²) in [4.78, 5) is 151. The molecule has 135 heavy (non-hydrogen) atoms. The highest BCUT2D eigenvalue weighted by atomic mass is 32.2. The Balaban J connectivity index is 0.00000429. The fraction of sp³-hybridized carbons (Fsp3) is 0.578. The summed E-state index contributed by atoms with van der Waals surface area (Å²) in [6, 6.07) is 14.2. The lowest BCUT2D eigenvalue weighted by Crippen LogP contribution is -2.55. The van der Waals surface area contributed by atoms with Crippen molar-refractivity contribution >= 4 is 93.2 Å². The van der Waals surface area contributed by atoms with E-state index < -0.39 is 136 Å². The average molecular weight is 1910 g/mol. The average Bonchev–Trinajstić information content (AvgIpc) is 1.01. The van der Waals surface area contributed by atoms with Gasteiger partial charge in [0.15, 0.2) is 12.1 Å². The number of Topliss-reactive ketones (excluding diaryl/α,β-unsaturated/α-hetero) is 1. The molecule has 44 nitrogen and oxygen atoms in total. The summed E-state index contributed by atoms with van der Waals surface area (Å²) >= 11 is 1.17. The third-order valence-corrected chi connectivity index (χ3v) is 24.0. The fourth-order valence-corrected chi connectivity index (χ4v) is 17.0. The van der Waals surface area contributed by atoms with Gasteiger partial charge in [0.2, 0.25) is 35.3 Å². The number of phenolic OH excluding ortho intramolecular Hbond substituents is 2. The number of piperazine rings is 1. The summed E-state index contributed by atoms with van der Waals surface area (Å²) in [5, 5.41) is 82.8. The van der Waals surface area contributed by atoms with Crippen molar-refractivity contribution < 1.29 is 149 Å². The number of piperidine rings is 1. The first-order valence-corrected chi connectivity index (χ1v) is 46.0. The standard InChI is InChI=1S/C88H117N13O29S.C2H4O2/c1-55-79(107)62(89)46-73(128-55)130-66-49-88(116,48-61-75(66)84(112)77-76(81(61)109)80(108)60-11-7-12-65(117-2)74(60)83(77)111)68(52-102)94-95-70(104)13-8-20-101-72(106)47-67(85(101)113)131-44-16-69(103)90-17-26-118-28-30-120-36-38-124-40-42-126-53-57-51-100(96-93-57)25-27-119-29-31-121-32-33-122-34-35-123-37-39-125-41-43-127-54-71(105)91-50-58-14-15-64(129-58)59-10-6-9-56-45-63(92-78(56)59)82(110)86(114)97-21-23-99(24-22-97)87(115)98-18-4-3-5-19-98;1-2(3)4/h6-7,9-12,14-15,45,51,55,62,66-67,73,79,92,102,107,109,112,116H,3-5,8,13,16-44,46-50,52-54,89H2,1-2H3,(H,90,103)(H,91,105)(H,95,104);1H3,(H,3,4)/b94-68+;/t55-,62-,66-,67?,73-,79+,88-;/m0./s1. The molecule has 1 unspecified atom stereocenters. The van der Waals surface area contributed by atoms with E-state index in [1.807, 2.05) is 23.1 Å². The van der Waals surface area contributed by atoms with Gasteiger partial charge in [0.05, 0.1) is 216 Å². The third-order valence-electron chi connectivity index (χ3n) is 22.8. The Morgan fingerprint density at radius 2 is 1.30 bits per heavy atom. The Kier molecular flexibility index (Phi) is 41.1. The lowest BCUT2D eigenvalue weighted by Gasteiger charge is -2.43. The minimum Gasteiger partial charge on any atom is -0.507 e. The molecule has 4 aliphatic heterocycles.